The number of aryl methyl sites for hydroxylation is 1. The first-order chi connectivity index (χ1) is 11.6. The number of likely N-dealkylation sites (N-methyl/N-ethyl adjacent to an activating group) is 1. The predicted molar refractivity (Wildman–Crippen MR) is 96.4 cm³/mol. The normalized spacial score (nSPS) is 16.0. The SMILES string of the molecule is Cc1ccc2c(C(=O)N(CCN(C)C)C3CCCCC3)cnn2c1. The maximum atomic E-state index is 13.3. The van der Waals surface area contributed by atoms with E-state index in [2.05, 4.69) is 29.0 Å². The van der Waals surface area contributed by atoms with Gasteiger partial charge in [-0.15, -0.1) is 0 Å². The topological polar surface area (TPSA) is 40.9 Å². The Morgan fingerprint density at radius 3 is 2.67 bits per heavy atom. The number of pyridine rings is 1. The van der Waals surface area contributed by atoms with E-state index in [4.69, 9.17) is 0 Å². The van der Waals surface area contributed by atoms with Crippen LogP contribution in [0.5, 0.6) is 0 Å². The Morgan fingerprint density at radius 2 is 1.96 bits per heavy atom. The molecule has 1 amide bonds. The summed E-state index contributed by atoms with van der Waals surface area (Å²) in [6, 6.07) is 4.41. The van der Waals surface area contributed by atoms with Gasteiger partial charge in [0.1, 0.15) is 0 Å². The molecule has 0 spiro atoms. The minimum absolute atomic E-state index is 0.127. The van der Waals surface area contributed by atoms with Crippen molar-refractivity contribution in [3.05, 3.63) is 35.7 Å². The van der Waals surface area contributed by atoms with E-state index in [1.807, 2.05) is 29.8 Å². The second-order valence-electron chi connectivity index (χ2n) is 7.19. The molecule has 0 saturated heterocycles. The zero-order chi connectivity index (χ0) is 17.1. The molecule has 0 bridgehead atoms. The molecule has 3 rings (SSSR count). The first-order valence-electron chi connectivity index (χ1n) is 8.96. The highest BCUT2D eigenvalue weighted by Crippen LogP contribution is 2.25. The van der Waals surface area contributed by atoms with Gasteiger partial charge in [-0.3, -0.25) is 4.79 Å². The monoisotopic (exact) mass is 328 g/mol. The highest BCUT2D eigenvalue weighted by Gasteiger charge is 2.27. The van der Waals surface area contributed by atoms with Gasteiger partial charge < -0.3 is 9.80 Å². The summed E-state index contributed by atoms with van der Waals surface area (Å²) in [4.78, 5) is 17.5. The molecular formula is C19H28N4O. The minimum atomic E-state index is 0.127. The van der Waals surface area contributed by atoms with E-state index < -0.39 is 0 Å². The number of hydrogen-bond acceptors (Lipinski definition) is 3. The molecule has 1 fully saturated rings. The van der Waals surface area contributed by atoms with Crippen LogP contribution in [0, 0.1) is 6.92 Å². The fourth-order valence-corrected chi connectivity index (χ4v) is 3.56. The van der Waals surface area contributed by atoms with Gasteiger partial charge in [0.05, 0.1) is 17.3 Å². The van der Waals surface area contributed by atoms with E-state index in [-0.39, 0.29) is 5.91 Å². The van der Waals surface area contributed by atoms with Gasteiger partial charge in [-0.1, -0.05) is 25.3 Å². The molecule has 1 aliphatic carbocycles. The fourth-order valence-electron chi connectivity index (χ4n) is 3.56. The Morgan fingerprint density at radius 1 is 1.21 bits per heavy atom. The lowest BCUT2D eigenvalue weighted by atomic mass is 9.93. The van der Waals surface area contributed by atoms with Gasteiger partial charge >= 0.3 is 0 Å². The number of fused-ring (bicyclic) bond motifs is 1. The van der Waals surface area contributed by atoms with Gasteiger partial charge in [-0.2, -0.15) is 5.10 Å². The fraction of sp³-hybridized carbons (Fsp3) is 0.579. The maximum Gasteiger partial charge on any atom is 0.257 e. The molecule has 5 heteroatoms. The molecule has 0 aromatic carbocycles. The highest BCUT2D eigenvalue weighted by atomic mass is 16.2. The Balaban J connectivity index is 1.88. The zero-order valence-electron chi connectivity index (χ0n) is 15.0. The summed E-state index contributed by atoms with van der Waals surface area (Å²) < 4.78 is 1.81. The van der Waals surface area contributed by atoms with Crippen molar-refractivity contribution < 1.29 is 4.79 Å². The molecule has 2 heterocycles. The van der Waals surface area contributed by atoms with Crippen molar-refractivity contribution >= 4 is 11.4 Å². The molecule has 0 atom stereocenters. The van der Waals surface area contributed by atoms with Crippen LogP contribution < -0.4 is 0 Å². The molecule has 130 valence electrons. The van der Waals surface area contributed by atoms with E-state index in [0.29, 0.717) is 6.04 Å². The third-order valence-corrected chi connectivity index (χ3v) is 4.96. The van der Waals surface area contributed by atoms with Gasteiger partial charge in [-0.05, 0) is 45.5 Å². The number of carbonyl (C=O) groups is 1. The number of aromatic nitrogens is 2. The molecule has 0 radical (unpaired) electrons. The van der Waals surface area contributed by atoms with Crippen molar-refractivity contribution in [2.75, 3.05) is 27.2 Å². The first kappa shape index (κ1) is 17.0. The molecule has 0 unspecified atom stereocenters. The molecule has 2 aromatic heterocycles. The third-order valence-electron chi connectivity index (χ3n) is 4.96. The van der Waals surface area contributed by atoms with E-state index in [0.717, 1.165) is 42.6 Å². The van der Waals surface area contributed by atoms with Gasteiger partial charge in [-0.25, -0.2) is 4.52 Å². The van der Waals surface area contributed by atoms with Crippen LogP contribution in [0.25, 0.3) is 5.52 Å². The molecule has 2 aromatic rings. The summed E-state index contributed by atoms with van der Waals surface area (Å²) in [5.74, 6) is 0.127. The lowest BCUT2D eigenvalue weighted by molar-refractivity contribution is 0.0620. The average Bonchev–Trinajstić information content (AvgIpc) is 2.98. The zero-order valence-corrected chi connectivity index (χ0v) is 15.0. The largest absolute Gasteiger partial charge is 0.334 e. The lowest BCUT2D eigenvalue weighted by Crippen LogP contribution is -2.44. The summed E-state index contributed by atoms with van der Waals surface area (Å²) in [5, 5.41) is 4.38. The summed E-state index contributed by atoms with van der Waals surface area (Å²) in [7, 11) is 4.11. The number of hydrogen-bond donors (Lipinski definition) is 0. The number of rotatable bonds is 5. The first-order valence-corrected chi connectivity index (χ1v) is 8.96. The van der Waals surface area contributed by atoms with Crippen molar-refractivity contribution in [2.45, 2.75) is 45.1 Å². The molecule has 1 saturated carbocycles. The molecule has 5 nitrogen and oxygen atoms in total. The van der Waals surface area contributed by atoms with Crippen LogP contribution in [0.1, 0.15) is 48.0 Å². The van der Waals surface area contributed by atoms with E-state index in [1.165, 1.54) is 19.3 Å². The molecule has 0 aliphatic heterocycles. The molecule has 0 N–H and O–H groups in total. The van der Waals surface area contributed by atoms with Gasteiger partial charge in [0.25, 0.3) is 5.91 Å². The Bertz CT molecular complexity index is 700. The summed E-state index contributed by atoms with van der Waals surface area (Å²) in [5.41, 5.74) is 2.76. The van der Waals surface area contributed by atoms with Crippen LogP contribution in [0.3, 0.4) is 0 Å². The standard InChI is InChI=1S/C19H28N4O/c1-15-9-10-18-17(13-20-23(18)14-15)19(24)22(12-11-21(2)3)16-7-5-4-6-8-16/h9-10,13-14,16H,4-8,11-12H2,1-3H3. The van der Waals surface area contributed by atoms with Crippen LogP contribution in [0.15, 0.2) is 24.5 Å². The second-order valence-corrected chi connectivity index (χ2v) is 7.19. The van der Waals surface area contributed by atoms with Crippen molar-refractivity contribution in [2.24, 2.45) is 0 Å². The average molecular weight is 328 g/mol. The van der Waals surface area contributed by atoms with Gasteiger partial charge in [0.15, 0.2) is 0 Å². The molecular weight excluding hydrogens is 300 g/mol. The number of amides is 1. The Kier molecular flexibility index (Phi) is 5.19. The summed E-state index contributed by atoms with van der Waals surface area (Å²) in [6.07, 6.45) is 9.69. The molecule has 24 heavy (non-hydrogen) atoms. The summed E-state index contributed by atoms with van der Waals surface area (Å²) >= 11 is 0. The van der Waals surface area contributed by atoms with Crippen molar-refractivity contribution in [1.29, 1.82) is 0 Å². The predicted octanol–water partition coefficient (Wildman–Crippen LogP) is 2.98. The smallest absolute Gasteiger partial charge is 0.257 e. The number of nitrogens with zero attached hydrogens (tertiary/aromatic N) is 4. The second kappa shape index (κ2) is 7.34. The van der Waals surface area contributed by atoms with Gasteiger partial charge in [0.2, 0.25) is 0 Å². The Hall–Kier alpha value is -1.88. The van der Waals surface area contributed by atoms with Crippen LogP contribution in [0.2, 0.25) is 0 Å². The lowest BCUT2D eigenvalue weighted by Gasteiger charge is -2.35. The number of carbonyl (C=O) groups excluding carboxylic acids is 1. The van der Waals surface area contributed by atoms with Crippen LogP contribution in [0.4, 0.5) is 0 Å². The third kappa shape index (κ3) is 3.61. The van der Waals surface area contributed by atoms with E-state index in [9.17, 15) is 4.79 Å². The van der Waals surface area contributed by atoms with Crippen molar-refractivity contribution in [1.82, 2.24) is 19.4 Å². The van der Waals surface area contributed by atoms with E-state index in [1.54, 1.807) is 6.20 Å². The maximum absolute atomic E-state index is 13.3. The van der Waals surface area contributed by atoms with Crippen LogP contribution >= 0.6 is 0 Å². The highest BCUT2D eigenvalue weighted by molar-refractivity contribution is 6.00. The van der Waals surface area contributed by atoms with E-state index >= 15 is 0 Å². The van der Waals surface area contributed by atoms with Gasteiger partial charge in [0, 0.05) is 25.3 Å². The molecule has 1 aliphatic rings. The minimum Gasteiger partial charge on any atom is -0.334 e. The Labute approximate surface area is 144 Å². The quantitative estimate of drug-likeness (QED) is 0.847. The summed E-state index contributed by atoms with van der Waals surface area (Å²) in [6.45, 7) is 3.70. The van der Waals surface area contributed by atoms with Crippen LogP contribution in [-0.4, -0.2) is 58.5 Å². The van der Waals surface area contributed by atoms with Crippen molar-refractivity contribution in [3.63, 3.8) is 0 Å². The van der Waals surface area contributed by atoms with Crippen LogP contribution in [-0.2, 0) is 0 Å². The van der Waals surface area contributed by atoms with Crippen molar-refractivity contribution in [3.8, 4) is 0 Å².